The number of methoxy groups -OCH3 is 1. The highest BCUT2D eigenvalue weighted by Crippen LogP contribution is 2.27. The molecule has 0 aliphatic carbocycles. The van der Waals surface area contributed by atoms with E-state index in [-0.39, 0.29) is 17.2 Å². The molecule has 2 aromatic carbocycles. The lowest BCUT2D eigenvalue weighted by Crippen LogP contribution is -1.84. The number of rotatable bonds is 3. The second-order valence-corrected chi connectivity index (χ2v) is 4.05. The Hall–Kier alpha value is -2.62. The molecule has 0 radical (unpaired) electrons. The number of phenolic OH excluding ortho intramolecular Hbond substituents is 3. The van der Waals surface area contributed by atoms with Crippen LogP contribution in [-0.4, -0.2) is 22.4 Å². The predicted molar refractivity (Wildman–Crippen MR) is 73.4 cm³/mol. The summed E-state index contributed by atoms with van der Waals surface area (Å²) in [5.74, 6) is 0.474. The van der Waals surface area contributed by atoms with Gasteiger partial charge in [-0.3, -0.25) is 0 Å². The van der Waals surface area contributed by atoms with Gasteiger partial charge in [0.2, 0.25) is 0 Å². The monoisotopic (exact) mass is 258 g/mol. The lowest BCUT2D eigenvalue weighted by atomic mass is 10.1. The fourth-order valence-electron chi connectivity index (χ4n) is 1.70. The van der Waals surface area contributed by atoms with Gasteiger partial charge in [-0.1, -0.05) is 18.2 Å². The number of hydrogen-bond donors (Lipinski definition) is 3. The van der Waals surface area contributed by atoms with E-state index >= 15 is 0 Å². The minimum Gasteiger partial charge on any atom is -0.508 e. The maximum Gasteiger partial charge on any atom is 0.161 e. The van der Waals surface area contributed by atoms with Crippen LogP contribution in [0.15, 0.2) is 36.4 Å². The van der Waals surface area contributed by atoms with Crippen molar-refractivity contribution in [1.29, 1.82) is 0 Å². The average Bonchev–Trinajstić information content (AvgIpc) is 2.36. The Labute approximate surface area is 110 Å². The van der Waals surface area contributed by atoms with Crippen LogP contribution < -0.4 is 4.74 Å². The van der Waals surface area contributed by atoms with E-state index in [9.17, 15) is 15.3 Å². The Morgan fingerprint density at radius 2 is 1.47 bits per heavy atom. The summed E-state index contributed by atoms with van der Waals surface area (Å²) in [6, 6.07) is 9.30. The number of aromatic hydroxyl groups is 3. The maximum absolute atomic E-state index is 9.48. The molecule has 3 N–H and O–H groups in total. The van der Waals surface area contributed by atoms with Crippen LogP contribution in [0, 0.1) is 0 Å². The van der Waals surface area contributed by atoms with Crippen molar-refractivity contribution < 1.29 is 20.1 Å². The van der Waals surface area contributed by atoms with Crippen molar-refractivity contribution in [2.24, 2.45) is 0 Å². The molecular weight excluding hydrogens is 244 g/mol. The molecule has 0 atom stereocenters. The lowest BCUT2D eigenvalue weighted by Gasteiger charge is -2.03. The zero-order valence-corrected chi connectivity index (χ0v) is 10.4. The molecule has 0 aliphatic heterocycles. The quantitative estimate of drug-likeness (QED) is 0.740. The van der Waals surface area contributed by atoms with Gasteiger partial charge in [-0.05, 0) is 35.4 Å². The highest BCUT2D eigenvalue weighted by atomic mass is 16.5. The van der Waals surface area contributed by atoms with Crippen LogP contribution in [0.1, 0.15) is 11.1 Å². The van der Waals surface area contributed by atoms with E-state index in [0.29, 0.717) is 11.3 Å². The summed E-state index contributed by atoms with van der Waals surface area (Å²) in [6.45, 7) is 0. The van der Waals surface area contributed by atoms with Crippen LogP contribution in [0.5, 0.6) is 23.0 Å². The summed E-state index contributed by atoms with van der Waals surface area (Å²) in [6.07, 6.45) is 3.53. The Balaban J connectivity index is 2.27. The van der Waals surface area contributed by atoms with Crippen LogP contribution in [-0.2, 0) is 0 Å². The van der Waals surface area contributed by atoms with Crippen molar-refractivity contribution in [3.63, 3.8) is 0 Å². The van der Waals surface area contributed by atoms with E-state index in [1.165, 1.54) is 25.3 Å². The van der Waals surface area contributed by atoms with Gasteiger partial charge in [-0.2, -0.15) is 0 Å². The molecule has 2 aromatic rings. The smallest absolute Gasteiger partial charge is 0.161 e. The SMILES string of the molecule is COc1cc(/C=C/c2cc(O)cc(O)c2)ccc1O. The summed E-state index contributed by atoms with van der Waals surface area (Å²) in [7, 11) is 1.48. The van der Waals surface area contributed by atoms with Gasteiger partial charge in [0.25, 0.3) is 0 Å². The Kier molecular flexibility index (Phi) is 3.61. The van der Waals surface area contributed by atoms with Crippen molar-refractivity contribution in [2.45, 2.75) is 0 Å². The molecule has 0 bridgehead atoms. The first kappa shape index (κ1) is 12.8. The second kappa shape index (κ2) is 5.35. The molecule has 0 aliphatic rings. The van der Waals surface area contributed by atoms with Gasteiger partial charge in [-0.25, -0.2) is 0 Å². The summed E-state index contributed by atoms with van der Waals surface area (Å²) >= 11 is 0. The highest BCUT2D eigenvalue weighted by Gasteiger charge is 2.01. The molecule has 98 valence electrons. The fraction of sp³-hybridized carbons (Fsp3) is 0.0667. The third-order valence-electron chi connectivity index (χ3n) is 2.60. The molecule has 0 spiro atoms. The lowest BCUT2D eigenvalue weighted by molar-refractivity contribution is 0.373. The van der Waals surface area contributed by atoms with Crippen molar-refractivity contribution in [2.75, 3.05) is 7.11 Å². The summed E-state index contributed by atoms with van der Waals surface area (Å²) < 4.78 is 5.01. The van der Waals surface area contributed by atoms with Crippen LogP contribution in [0.4, 0.5) is 0 Å². The van der Waals surface area contributed by atoms with E-state index in [4.69, 9.17) is 4.74 Å². The Bertz CT molecular complexity index is 597. The molecule has 19 heavy (non-hydrogen) atoms. The van der Waals surface area contributed by atoms with Gasteiger partial charge in [-0.15, -0.1) is 0 Å². The Morgan fingerprint density at radius 3 is 2.11 bits per heavy atom. The molecule has 0 saturated carbocycles. The van der Waals surface area contributed by atoms with E-state index < -0.39 is 0 Å². The predicted octanol–water partition coefficient (Wildman–Crippen LogP) is 2.98. The van der Waals surface area contributed by atoms with Crippen LogP contribution >= 0.6 is 0 Å². The standard InChI is InChI=1S/C15H14O4/c1-19-15-8-10(4-5-14(15)18)2-3-11-6-12(16)9-13(17)7-11/h2-9,16-18H,1H3/b3-2+. The minimum atomic E-state index is 0.00272. The molecule has 2 rings (SSSR count). The molecule has 0 aromatic heterocycles. The topological polar surface area (TPSA) is 69.9 Å². The van der Waals surface area contributed by atoms with E-state index in [2.05, 4.69) is 0 Å². The first-order valence-corrected chi connectivity index (χ1v) is 5.66. The van der Waals surface area contributed by atoms with Crippen molar-refractivity contribution in [3.05, 3.63) is 47.5 Å². The number of ether oxygens (including phenoxy) is 1. The summed E-state index contributed by atoms with van der Waals surface area (Å²) in [5, 5.41) is 28.2. The third-order valence-corrected chi connectivity index (χ3v) is 2.60. The largest absolute Gasteiger partial charge is 0.508 e. The normalized spacial score (nSPS) is 10.8. The highest BCUT2D eigenvalue weighted by molar-refractivity contribution is 5.72. The third kappa shape index (κ3) is 3.19. The summed E-state index contributed by atoms with van der Waals surface area (Å²) in [4.78, 5) is 0. The van der Waals surface area contributed by atoms with Crippen LogP contribution in [0.2, 0.25) is 0 Å². The average molecular weight is 258 g/mol. The number of hydrogen-bond acceptors (Lipinski definition) is 4. The van der Waals surface area contributed by atoms with Crippen molar-refractivity contribution in [3.8, 4) is 23.0 Å². The van der Waals surface area contributed by atoms with Gasteiger partial charge in [0.1, 0.15) is 11.5 Å². The molecule has 4 heteroatoms. The van der Waals surface area contributed by atoms with Crippen LogP contribution in [0.25, 0.3) is 12.2 Å². The minimum absolute atomic E-state index is 0.00272. The second-order valence-electron chi connectivity index (χ2n) is 4.05. The first-order valence-electron chi connectivity index (χ1n) is 5.66. The van der Waals surface area contributed by atoms with Crippen molar-refractivity contribution in [1.82, 2.24) is 0 Å². The van der Waals surface area contributed by atoms with E-state index in [1.807, 2.05) is 0 Å². The zero-order valence-electron chi connectivity index (χ0n) is 10.4. The van der Waals surface area contributed by atoms with Gasteiger partial charge in [0.05, 0.1) is 7.11 Å². The Morgan fingerprint density at radius 1 is 0.842 bits per heavy atom. The van der Waals surface area contributed by atoms with Gasteiger partial charge in [0, 0.05) is 6.07 Å². The molecule has 4 nitrogen and oxygen atoms in total. The molecule has 0 saturated heterocycles. The van der Waals surface area contributed by atoms with E-state index in [0.717, 1.165) is 5.56 Å². The van der Waals surface area contributed by atoms with Gasteiger partial charge < -0.3 is 20.1 Å². The van der Waals surface area contributed by atoms with Gasteiger partial charge in [0.15, 0.2) is 11.5 Å². The zero-order chi connectivity index (χ0) is 13.8. The number of benzene rings is 2. The molecule has 0 unspecified atom stereocenters. The molecular formula is C15H14O4. The van der Waals surface area contributed by atoms with Gasteiger partial charge >= 0.3 is 0 Å². The molecule has 0 amide bonds. The van der Waals surface area contributed by atoms with Crippen LogP contribution in [0.3, 0.4) is 0 Å². The van der Waals surface area contributed by atoms with Crippen molar-refractivity contribution >= 4 is 12.2 Å². The number of phenols is 3. The molecule has 0 fully saturated rings. The maximum atomic E-state index is 9.48. The first-order chi connectivity index (χ1) is 9.08. The summed E-state index contributed by atoms with van der Waals surface area (Å²) in [5.41, 5.74) is 1.50. The molecule has 0 heterocycles. The van der Waals surface area contributed by atoms with E-state index in [1.54, 1.807) is 30.4 Å². The fourth-order valence-corrected chi connectivity index (χ4v) is 1.70.